The van der Waals surface area contributed by atoms with Crippen molar-refractivity contribution in [2.24, 2.45) is 5.92 Å². The minimum absolute atomic E-state index is 0.0342. The number of nitrogens with one attached hydrogen (secondary N) is 2. The Balaban J connectivity index is 1.72. The van der Waals surface area contributed by atoms with Crippen molar-refractivity contribution in [3.63, 3.8) is 0 Å². The molecule has 0 saturated carbocycles. The molecule has 3 rings (SSSR count). The van der Waals surface area contributed by atoms with Gasteiger partial charge in [-0.3, -0.25) is 4.79 Å². The van der Waals surface area contributed by atoms with E-state index in [-0.39, 0.29) is 11.9 Å². The highest BCUT2D eigenvalue weighted by Crippen LogP contribution is 2.26. The normalized spacial score (nSPS) is 19.3. The number of hydrogen-bond donors (Lipinski definition) is 2. The molecule has 2 heterocycles. The van der Waals surface area contributed by atoms with Gasteiger partial charge in [-0.2, -0.15) is 0 Å². The minimum atomic E-state index is -0.0342. The number of amides is 1. The second kappa shape index (κ2) is 6.87. The van der Waals surface area contributed by atoms with E-state index in [2.05, 4.69) is 34.2 Å². The van der Waals surface area contributed by atoms with Crippen LogP contribution in [0.1, 0.15) is 29.3 Å². The maximum absolute atomic E-state index is 12.3. The molecule has 1 aliphatic heterocycles. The Morgan fingerprint density at radius 3 is 2.81 bits per heavy atom. The molecule has 2 aromatic rings. The smallest absolute Gasteiger partial charge is 0.221 e. The Morgan fingerprint density at radius 1 is 1.29 bits per heavy atom. The first-order chi connectivity index (χ1) is 10.3. The monoisotopic (exact) mass is 300 g/mol. The summed E-state index contributed by atoms with van der Waals surface area (Å²) in [4.78, 5) is 13.5. The number of carbonyl (C=O) groups excluding carboxylic acids is 1. The van der Waals surface area contributed by atoms with Crippen LogP contribution in [0.5, 0.6) is 0 Å². The zero-order chi connectivity index (χ0) is 14.5. The van der Waals surface area contributed by atoms with E-state index in [4.69, 9.17) is 0 Å². The number of hydrogen-bond acceptors (Lipinski definition) is 3. The summed E-state index contributed by atoms with van der Waals surface area (Å²) < 4.78 is 0. The van der Waals surface area contributed by atoms with Gasteiger partial charge >= 0.3 is 0 Å². The van der Waals surface area contributed by atoms with E-state index in [1.165, 1.54) is 4.88 Å². The molecule has 1 aliphatic rings. The fraction of sp³-hybridized carbons (Fsp3) is 0.353. The predicted octanol–water partition coefficient (Wildman–Crippen LogP) is 2.95. The van der Waals surface area contributed by atoms with E-state index in [0.29, 0.717) is 12.3 Å². The zero-order valence-corrected chi connectivity index (χ0v) is 12.7. The van der Waals surface area contributed by atoms with Crippen molar-refractivity contribution in [3.8, 4) is 0 Å². The summed E-state index contributed by atoms with van der Waals surface area (Å²) in [5, 5.41) is 8.57. The van der Waals surface area contributed by atoms with Crippen molar-refractivity contribution in [2.45, 2.75) is 18.9 Å². The van der Waals surface area contributed by atoms with Crippen molar-refractivity contribution in [3.05, 3.63) is 58.3 Å². The summed E-state index contributed by atoms with van der Waals surface area (Å²) in [5.41, 5.74) is 1.14. The Labute approximate surface area is 129 Å². The van der Waals surface area contributed by atoms with Gasteiger partial charge in [0.2, 0.25) is 5.91 Å². The molecule has 4 heteroatoms. The first-order valence-corrected chi connectivity index (χ1v) is 8.29. The zero-order valence-electron chi connectivity index (χ0n) is 11.9. The van der Waals surface area contributed by atoms with E-state index in [1.54, 1.807) is 11.3 Å². The maximum Gasteiger partial charge on any atom is 0.221 e. The molecule has 0 aliphatic carbocycles. The summed E-state index contributed by atoms with van der Waals surface area (Å²) in [6.45, 7) is 1.99. The fourth-order valence-electron chi connectivity index (χ4n) is 2.79. The lowest BCUT2D eigenvalue weighted by atomic mass is 10.0. The van der Waals surface area contributed by atoms with Gasteiger partial charge in [-0.05, 0) is 42.4 Å². The molecular formula is C17H20N2OS. The first kappa shape index (κ1) is 14.3. The average molecular weight is 300 g/mol. The Morgan fingerprint density at radius 2 is 2.14 bits per heavy atom. The van der Waals surface area contributed by atoms with Crippen molar-refractivity contribution in [1.29, 1.82) is 0 Å². The van der Waals surface area contributed by atoms with Crippen LogP contribution in [-0.4, -0.2) is 19.0 Å². The van der Waals surface area contributed by atoms with Crippen LogP contribution in [0, 0.1) is 5.92 Å². The van der Waals surface area contributed by atoms with Gasteiger partial charge in [-0.25, -0.2) is 0 Å². The highest BCUT2D eigenvalue weighted by atomic mass is 32.1. The van der Waals surface area contributed by atoms with Crippen LogP contribution in [0.15, 0.2) is 47.8 Å². The molecule has 2 unspecified atom stereocenters. The second-order valence-corrected chi connectivity index (χ2v) is 6.47. The highest BCUT2D eigenvalue weighted by molar-refractivity contribution is 7.10. The molecule has 0 spiro atoms. The van der Waals surface area contributed by atoms with Crippen LogP contribution >= 0.6 is 11.3 Å². The Kier molecular flexibility index (Phi) is 4.68. The van der Waals surface area contributed by atoms with Gasteiger partial charge in [0, 0.05) is 11.3 Å². The standard InChI is InChI=1S/C17H20N2OS/c20-16(11-13-8-9-18-12-13)19-17(15-7-4-10-21-15)14-5-2-1-3-6-14/h1-7,10,13,17-18H,8-9,11-12H2,(H,19,20). The molecule has 3 nitrogen and oxygen atoms in total. The van der Waals surface area contributed by atoms with E-state index in [1.807, 2.05) is 24.3 Å². The number of rotatable bonds is 5. The highest BCUT2D eigenvalue weighted by Gasteiger charge is 2.22. The summed E-state index contributed by atoms with van der Waals surface area (Å²) >= 11 is 1.68. The molecule has 0 radical (unpaired) electrons. The van der Waals surface area contributed by atoms with E-state index in [0.717, 1.165) is 25.1 Å². The van der Waals surface area contributed by atoms with Crippen molar-refractivity contribution in [2.75, 3.05) is 13.1 Å². The largest absolute Gasteiger partial charge is 0.344 e. The van der Waals surface area contributed by atoms with Gasteiger partial charge in [0.25, 0.3) is 0 Å². The molecule has 110 valence electrons. The van der Waals surface area contributed by atoms with Gasteiger partial charge in [-0.1, -0.05) is 36.4 Å². The van der Waals surface area contributed by atoms with E-state index < -0.39 is 0 Å². The summed E-state index contributed by atoms with van der Waals surface area (Å²) in [6.07, 6.45) is 1.71. The summed E-state index contributed by atoms with van der Waals surface area (Å²) in [6, 6.07) is 14.3. The van der Waals surface area contributed by atoms with Crippen LogP contribution in [0.2, 0.25) is 0 Å². The van der Waals surface area contributed by atoms with Gasteiger partial charge in [0.1, 0.15) is 0 Å². The van der Waals surface area contributed by atoms with Gasteiger partial charge < -0.3 is 10.6 Å². The van der Waals surface area contributed by atoms with Gasteiger partial charge in [0.05, 0.1) is 6.04 Å². The van der Waals surface area contributed by atoms with E-state index in [9.17, 15) is 4.79 Å². The van der Waals surface area contributed by atoms with Gasteiger partial charge in [-0.15, -0.1) is 11.3 Å². The minimum Gasteiger partial charge on any atom is -0.344 e. The Bertz CT molecular complexity index is 562. The molecular weight excluding hydrogens is 280 g/mol. The molecule has 21 heavy (non-hydrogen) atoms. The van der Waals surface area contributed by atoms with Crippen molar-refractivity contribution < 1.29 is 4.79 Å². The quantitative estimate of drug-likeness (QED) is 0.891. The molecule has 1 aromatic heterocycles. The lowest BCUT2D eigenvalue weighted by Gasteiger charge is -2.19. The number of benzene rings is 1. The molecule has 2 atom stereocenters. The Hall–Kier alpha value is -1.65. The third kappa shape index (κ3) is 3.71. The van der Waals surface area contributed by atoms with Crippen molar-refractivity contribution >= 4 is 17.2 Å². The molecule has 1 saturated heterocycles. The number of thiophene rings is 1. The van der Waals surface area contributed by atoms with Crippen LogP contribution < -0.4 is 10.6 Å². The van der Waals surface area contributed by atoms with Crippen LogP contribution in [0.3, 0.4) is 0 Å². The van der Waals surface area contributed by atoms with Crippen molar-refractivity contribution in [1.82, 2.24) is 10.6 Å². The SMILES string of the molecule is O=C(CC1CCNC1)NC(c1ccccc1)c1cccs1. The summed E-state index contributed by atoms with van der Waals surface area (Å²) in [5.74, 6) is 0.621. The van der Waals surface area contributed by atoms with Crippen LogP contribution in [-0.2, 0) is 4.79 Å². The maximum atomic E-state index is 12.3. The van der Waals surface area contributed by atoms with Crippen LogP contribution in [0.25, 0.3) is 0 Å². The number of carbonyl (C=O) groups is 1. The fourth-order valence-corrected chi connectivity index (χ4v) is 3.59. The first-order valence-electron chi connectivity index (χ1n) is 7.41. The third-order valence-corrected chi connectivity index (χ3v) is 4.84. The lowest BCUT2D eigenvalue weighted by molar-refractivity contribution is -0.122. The molecule has 1 amide bonds. The molecule has 2 N–H and O–H groups in total. The molecule has 1 aromatic carbocycles. The predicted molar refractivity (Wildman–Crippen MR) is 86.3 cm³/mol. The van der Waals surface area contributed by atoms with Crippen LogP contribution in [0.4, 0.5) is 0 Å². The molecule has 0 bridgehead atoms. The van der Waals surface area contributed by atoms with Gasteiger partial charge in [0.15, 0.2) is 0 Å². The second-order valence-electron chi connectivity index (χ2n) is 5.49. The van der Waals surface area contributed by atoms with E-state index >= 15 is 0 Å². The average Bonchev–Trinajstić information content (AvgIpc) is 3.19. The lowest BCUT2D eigenvalue weighted by Crippen LogP contribution is -2.30. The topological polar surface area (TPSA) is 41.1 Å². The molecule has 1 fully saturated rings. The summed E-state index contributed by atoms with van der Waals surface area (Å²) in [7, 11) is 0. The third-order valence-electron chi connectivity index (χ3n) is 3.90.